The van der Waals surface area contributed by atoms with Crippen molar-refractivity contribution in [1.29, 1.82) is 0 Å². The van der Waals surface area contributed by atoms with Gasteiger partial charge in [0.2, 0.25) is 0 Å². The Kier molecular flexibility index (Phi) is 12.0. The lowest BCUT2D eigenvalue weighted by Crippen LogP contribution is -2.41. The van der Waals surface area contributed by atoms with Crippen molar-refractivity contribution in [3.05, 3.63) is 40.2 Å². The standard InChI is InChI=1S/C33H48ClN3O6SSi/c1-22(38)44-21-23-20-35-36(5)29(23)28-26(34)15-14-25-24(12-11-18-43-45(7,8)33(2,3)4)31(32(39)40-6)37(30(25)28)16-19-42-27-13-9-10-17-41-27/h14-15,20,27H,9-13,16-19,21H2,1-8H3. The van der Waals surface area contributed by atoms with Crippen molar-refractivity contribution in [2.75, 3.05) is 26.9 Å². The van der Waals surface area contributed by atoms with E-state index in [0.717, 1.165) is 59.0 Å². The van der Waals surface area contributed by atoms with E-state index in [1.165, 1.54) is 18.9 Å². The summed E-state index contributed by atoms with van der Waals surface area (Å²) >= 11 is 8.24. The molecule has 9 nitrogen and oxygen atoms in total. The van der Waals surface area contributed by atoms with Crippen LogP contribution in [-0.4, -0.2) is 67.0 Å². The van der Waals surface area contributed by atoms with Crippen molar-refractivity contribution >= 4 is 53.7 Å². The minimum atomic E-state index is -1.93. The maximum absolute atomic E-state index is 13.6. The van der Waals surface area contributed by atoms with Crippen LogP contribution in [-0.2, 0) is 49.2 Å². The molecule has 1 aliphatic rings. The molecular weight excluding hydrogens is 630 g/mol. The molecule has 0 spiro atoms. The van der Waals surface area contributed by atoms with E-state index >= 15 is 0 Å². The molecule has 0 N–H and O–H groups in total. The summed E-state index contributed by atoms with van der Waals surface area (Å²) in [6.45, 7) is 14.8. The molecule has 12 heteroatoms. The summed E-state index contributed by atoms with van der Waals surface area (Å²) in [5.74, 6) is 0.0371. The van der Waals surface area contributed by atoms with Crippen LogP contribution in [0.1, 0.15) is 75.0 Å². The van der Waals surface area contributed by atoms with E-state index in [9.17, 15) is 9.59 Å². The average molecular weight is 678 g/mol. The summed E-state index contributed by atoms with van der Waals surface area (Å²) in [5.41, 5.74) is 4.64. The zero-order chi connectivity index (χ0) is 32.9. The van der Waals surface area contributed by atoms with Gasteiger partial charge in [0, 0.05) is 56.0 Å². The highest BCUT2D eigenvalue weighted by Crippen LogP contribution is 2.42. The average Bonchev–Trinajstić information content (AvgIpc) is 3.50. The number of halogens is 1. The molecule has 0 aliphatic carbocycles. The van der Waals surface area contributed by atoms with Crippen molar-refractivity contribution in [1.82, 2.24) is 14.3 Å². The topological polar surface area (TPSA) is 93.8 Å². The zero-order valence-electron chi connectivity index (χ0n) is 28.0. The molecule has 1 atom stereocenters. The number of hydrogen-bond acceptors (Lipinski definition) is 8. The van der Waals surface area contributed by atoms with E-state index in [4.69, 9.17) is 30.2 Å². The SMILES string of the molecule is COC(=O)c1c(CCCO[Si](C)(C)C(C)(C)C)c2ccc(Cl)c(-c3c(CSC(C)=O)cnn3C)c2n1CCOC1CCCCO1. The number of aryl methyl sites for hydroxylation is 2. The molecular formula is C33H48ClN3O6SSi. The molecule has 1 unspecified atom stereocenters. The molecule has 1 aromatic carbocycles. The van der Waals surface area contributed by atoms with E-state index < -0.39 is 14.3 Å². The number of thioether (sulfide) groups is 1. The Balaban J connectivity index is 1.83. The molecule has 45 heavy (non-hydrogen) atoms. The number of rotatable bonds is 13. The van der Waals surface area contributed by atoms with Gasteiger partial charge in [0.25, 0.3) is 0 Å². The van der Waals surface area contributed by atoms with Crippen LogP contribution in [0.2, 0.25) is 23.2 Å². The molecule has 1 aliphatic heterocycles. The van der Waals surface area contributed by atoms with Gasteiger partial charge in [-0.15, -0.1) is 0 Å². The minimum Gasteiger partial charge on any atom is -0.464 e. The molecule has 4 rings (SSSR count). The smallest absolute Gasteiger partial charge is 0.354 e. The summed E-state index contributed by atoms with van der Waals surface area (Å²) in [7, 11) is 1.35. The molecule has 0 amide bonds. The number of esters is 1. The van der Waals surface area contributed by atoms with Crippen LogP contribution >= 0.6 is 23.4 Å². The lowest BCUT2D eigenvalue weighted by Gasteiger charge is -2.36. The summed E-state index contributed by atoms with van der Waals surface area (Å²) in [4.78, 5) is 25.5. The second kappa shape index (κ2) is 15.2. The number of carbonyl (C=O) groups is 2. The summed E-state index contributed by atoms with van der Waals surface area (Å²) in [5, 5.41) is 6.11. The van der Waals surface area contributed by atoms with E-state index in [2.05, 4.69) is 39.0 Å². The quantitative estimate of drug-likeness (QED) is 0.103. The summed E-state index contributed by atoms with van der Waals surface area (Å²) < 4.78 is 27.6. The third kappa shape index (κ3) is 8.23. The van der Waals surface area contributed by atoms with Crippen LogP contribution in [0.25, 0.3) is 22.2 Å². The van der Waals surface area contributed by atoms with Gasteiger partial charge in [0.15, 0.2) is 19.7 Å². The van der Waals surface area contributed by atoms with E-state index in [1.807, 2.05) is 23.7 Å². The van der Waals surface area contributed by atoms with Crippen LogP contribution in [0.4, 0.5) is 0 Å². The van der Waals surface area contributed by atoms with Crippen LogP contribution < -0.4 is 0 Å². The number of fused-ring (bicyclic) bond motifs is 1. The second-order valence-corrected chi connectivity index (χ2v) is 19.5. The lowest BCUT2D eigenvalue weighted by molar-refractivity contribution is -0.163. The Morgan fingerprint density at radius 2 is 1.96 bits per heavy atom. The molecule has 0 bridgehead atoms. The molecule has 0 saturated carbocycles. The fourth-order valence-corrected chi connectivity index (χ4v) is 7.43. The van der Waals surface area contributed by atoms with Gasteiger partial charge in [-0.05, 0) is 61.9 Å². The Bertz CT molecular complexity index is 1510. The molecule has 2 aromatic heterocycles. The highest BCUT2D eigenvalue weighted by Gasteiger charge is 2.37. The number of benzene rings is 1. The van der Waals surface area contributed by atoms with Crippen molar-refractivity contribution in [3.63, 3.8) is 0 Å². The van der Waals surface area contributed by atoms with Crippen molar-refractivity contribution in [3.8, 4) is 11.3 Å². The first kappa shape index (κ1) is 35.7. The van der Waals surface area contributed by atoms with E-state index in [-0.39, 0.29) is 16.4 Å². The van der Waals surface area contributed by atoms with Gasteiger partial charge >= 0.3 is 5.97 Å². The molecule has 1 saturated heterocycles. The summed E-state index contributed by atoms with van der Waals surface area (Å²) in [6.07, 6.45) is 5.82. The van der Waals surface area contributed by atoms with Crippen LogP contribution in [0.5, 0.6) is 0 Å². The molecule has 3 aromatic rings. The molecule has 1 fully saturated rings. The number of nitrogens with zero attached hydrogens (tertiary/aromatic N) is 3. The molecule has 248 valence electrons. The highest BCUT2D eigenvalue weighted by molar-refractivity contribution is 8.12. The van der Waals surface area contributed by atoms with Gasteiger partial charge in [-0.25, -0.2) is 4.79 Å². The first-order chi connectivity index (χ1) is 21.3. The number of aromatic nitrogens is 3. The number of ether oxygens (including phenoxy) is 3. The minimum absolute atomic E-state index is 0.0229. The maximum Gasteiger partial charge on any atom is 0.354 e. The predicted octanol–water partition coefficient (Wildman–Crippen LogP) is 7.76. The third-order valence-corrected chi connectivity index (χ3v) is 14.7. The molecule has 3 heterocycles. The van der Waals surface area contributed by atoms with Crippen LogP contribution in [0.3, 0.4) is 0 Å². The number of methoxy groups -OCH3 is 1. The van der Waals surface area contributed by atoms with Gasteiger partial charge in [-0.3, -0.25) is 9.48 Å². The fourth-order valence-electron chi connectivity index (χ4n) is 5.53. The Morgan fingerprint density at radius 1 is 1.20 bits per heavy atom. The first-order valence-electron chi connectivity index (χ1n) is 15.7. The number of hydrogen-bond donors (Lipinski definition) is 0. The first-order valence-corrected chi connectivity index (χ1v) is 20.0. The number of carbonyl (C=O) groups excluding carboxylic acids is 2. The van der Waals surface area contributed by atoms with E-state index in [1.54, 1.807) is 17.8 Å². The molecule has 0 radical (unpaired) electrons. The van der Waals surface area contributed by atoms with Gasteiger partial charge in [-0.2, -0.15) is 5.10 Å². The summed E-state index contributed by atoms with van der Waals surface area (Å²) in [6, 6.07) is 3.86. The van der Waals surface area contributed by atoms with Crippen LogP contribution in [0, 0.1) is 0 Å². The maximum atomic E-state index is 13.6. The Morgan fingerprint density at radius 3 is 2.60 bits per heavy atom. The normalized spacial score (nSPS) is 16.0. The zero-order valence-corrected chi connectivity index (χ0v) is 30.5. The highest BCUT2D eigenvalue weighted by atomic mass is 35.5. The monoisotopic (exact) mass is 677 g/mol. The van der Waals surface area contributed by atoms with Crippen molar-refractivity contribution in [2.24, 2.45) is 7.05 Å². The fraction of sp³-hybridized carbons (Fsp3) is 0.606. The largest absolute Gasteiger partial charge is 0.464 e. The van der Waals surface area contributed by atoms with Crippen molar-refractivity contribution < 1.29 is 28.2 Å². The Labute approximate surface area is 277 Å². The predicted molar refractivity (Wildman–Crippen MR) is 183 cm³/mol. The van der Waals surface area contributed by atoms with Gasteiger partial charge in [0.05, 0.1) is 36.1 Å². The van der Waals surface area contributed by atoms with E-state index in [0.29, 0.717) is 49.3 Å². The van der Waals surface area contributed by atoms with Gasteiger partial charge in [-0.1, -0.05) is 50.2 Å². The third-order valence-electron chi connectivity index (χ3n) is 8.94. The van der Waals surface area contributed by atoms with Gasteiger partial charge < -0.3 is 23.2 Å². The Hall–Kier alpha value is -2.15. The van der Waals surface area contributed by atoms with Crippen molar-refractivity contribution in [2.45, 2.75) is 96.5 Å². The van der Waals surface area contributed by atoms with Gasteiger partial charge in [0.1, 0.15) is 5.69 Å². The second-order valence-electron chi connectivity index (χ2n) is 13.1. The van der Waals surface area contributed by atoms with Crippen LogP contribution in [0.15, 0.2) is 18.3 Å². The lowest BCUT2D eigenvalue weighted by atomic mass is 10.0.